The Bertz CT molecular complexity index is 717. The average molecular weight is 256 g/mol. The van der Waals surface area contributed by atoms with Gasteiger partial charge < -0.3 is 4.74 Å². The van der Waals surface area contributed by atoms with Gasteiger partial charge in [-0.3, -0.25) is 0 Å². The molecule has 0 fully saturated rings. The number of allylic oxidation sites excluding steroid dienone is 2. The van der Waals surface area contributed by atoms with Crippen LogP contribution in [0.4, 0.5) is 0 Å². The zero-order valence-electron chi connectivity index (χ0n) is 12.0. The number of aromatic nitrogens is 3. The van der Waals surface area contributed by atoms with Crippen LogP contribution in [-0.4, -0.2) is 17.1 Å². The lowest BCUT2D eigenvalue weighted by atomic mass is 9.92. The smallest absolute Gasteiger partial charge is 0.353 e. The van der Waals surface area contributed by atoms with Crippen LogP contribution in [0.3, 0.4) is 0 Å². The number of fused-ring (bicyclic) bond motifs is 2. The topological polar surface area (TPSA) is 38.9 Å². The minimum Gasteiger partial charge on any atom is -0.463 e. The van der Waals surface area contributed by atoms with Crippen LogP contribution in [0.2, 0.25) is 0 Å². The van der Waals surface area contributed by atoms with Crippen molar-refractivity contribution >= 4 is 16.7 Å². The van der Waals surface area contributed by atoms with E-state index < -0.39 is 0 Å². The predicted octanol–water partition coefficient (Wildman–Crippen LogP) is 2.16. The fourth-order valence-electron chi connectivity index (χ4n) is 2.89. The van der Waals surface area contributed by atoms with Crippen LogP contribution in [0.25, 0.3) is 16.7 Å². The minimum absolute atomic E-state index is 0.0225. The Morgan fingerprint density at radius 2 is 1.95 bits per heavy atom. The van der Waals surface area contributed by atoms with E-state index in [0.29, 0.717) is 5.88 Å². The largest absolute Gasteiger partial charge is 0.463 e. The molecule has 0 saturated carbocycles. The van der Waals surface area contributed by atoms with Crippen molar-refractivity contribution in [2.75, 3.05) is 7.11 Å². The second-order valence-corrected chi connectivity index (χ2v) is 5.61. The molecule has 0 aromatic carbocycles. The molecule has 1 aliphatic carbocycles. The maximum atomic E-state index is 5.20. The number of nitrogens with zero attached hydrogens (tertiary/aromatic N) is 3. The molecule has 0 radical (unpaired) electrons. The van der Waals surface area contributed by atoms with Gasteiger partial charge in [0.2, 0.25) is 0 Å². The van der Waals surface area contributed by atoms with E-state index in [0.717, 1.165) is 16.9 Å². The van der Waals surface area contributed by atoms with Gasteiger partial charge in [-0.2, -0.15) is 0 Å². The van der Waals surface area contributed by atoms with Gasteiger partial charge in [-0.05, 0) is 23.5 Å². The summed E-state index contributed by atoms with van der Waals surface area (Å²) in [6.45, 7) is 6.51. The van der Waals surface area contributed by atoms with Crippen LogP contribution in [0, 0.1) is 0 Å². The Kier molecular flexibility index (Phi) is 2.39. The summed E-state index contributed by atoms with van der Waals surface area (Å²) >= 11 is 0. The van der Waals surface area contributed by atoms with Crippen LogP contribution >= 0.6 is 0 Å². The van der Waals surface area contributed by atoms with E-state index in [1.165, 1.54) is 11.3 Å². The van der Waals surface area contributed by atoms with Crippen molar-refractivity contribution in [3.05, 3.63) is 29.6 Å². The first-order valence-corrected chi connectivity index (χ1v) is 6.39. The van der Waals surface area contributed by atoms with Crippen LogP contribution < -0.4 is 9.30 Å². The number of ether oxygens (including phenoxy) is 1. The van der Waals surface area contributed by atoms with E-state index in [-0.39, 0.29) is 5.41 Å². The summed E-state index contributed by atoms with van der Waals surface area (Å²) in [5, 5.41) is 0. The molecule has 0 N–H and O–H groups in total. The number of methoxy groups -OCH3 is 1. The Hall–Kier alpha value is -1.97. The predicted molar refractivity (Wildman–Crippen MR) is 73.9 cm³/mol. The normalized spacial score (nSPS) is 16.4. The van der Waals surface area contributed by atoms with Gasteiger partial charge >= 0.3 is 11.5 Å². The molecular weight excluding hydrogens is 238 g/mol. The molecule has 0 amide bonds. The molecule has 19 heavy (non-hydrogen) atoms. The van der Waals surface area contributed by atoms with Crippen molar-refractivity contribution in [2.45, 2.75) is 26.2 Å². The van der Waals surface area contributed by atoms with Crippen LogP contribution in [-0.2, 0) is 12.5 Å². The van der Waals surface area contributed by atoms with E-state index in [1.54, 1.807) is 7.11 Å². The second-order valence-electron chi connectivity index (χ2n) is 5.61. The molecule has 2 aromatic heterocycles. The van der Waals surface area contributed by atoms with Gasteiger partial charge in [-0.25, -0.2) is 9.55 Å². The van der Waals surface area contributed by atoms with Gasteiger partial charge in [-0.1, -0.05) is 19.9 Å². The molecule has 0 saturated heterocycles. The molecule has 3 rings (SSSR count). The molecule has 0 aliphatic heterocycles. The molecule has 4 nitrogen and oxygen atoms in total. The monoisotopic (exact) mass is 256 g/mol. The number of hydrogen-bond acceptors (Lipinski definition) is 3. The molecule has 0 bridgehead atoms. The van der Waals surface area contributed by atoms with E-state index in [2.05, 4.69) is 36.4 Å². The Morgan fingerprint density at radius 3 is 2.63 bits per heavy atom. The lowest BCUT2D eigenvalue weighted by molar-refractivity contribution is -0.649. The average Bonchev–Trinajstić information content (AvgIpc) is 2.59. The molecular formula is C15H18N3O+. The first-order chi connectivity index (χ1) is 8.94. The van der Waals surface area contributed by atoms with Gasteiger partial charge in [0.1, 0.15) is 0 Å². The van der Waals surface area contributed by atoms with E-state index in [4.69, 9.17) is 9.72 Å². The molecule has 2 aromatic rings. The number of aryl methyl sites for hydroxylation is 1. The number of hydrogen-bond donors (Lipinski definition) is 0. The van der Waals surface area contributed by atoms with Gasteiger partial charge in [-0.15, -0.1) is 0 Å². The lowest BCUT2D eigenvalue weighted by Crippen LogP contribution is -2.37. The van der Waals surface area contributed by atoms with Crippen molar-refractivity contribution in [1.29, 1.82) is 0 Å². The third-order valence-electron chi connectivity index (χ3n) is 3.71. The zero-order valence-corrected chi connectivity index (χ0v) is 12.0. The molecule has 1 aliphatic rings. The summed E-state index contributed by atoms with van der Waals surface area (Å²) in [7, 11) is 3.66. The van der Waals surface area contributed by atoms with E-state index >= 15 is 0 Å². The SMILES string of the molecule is COc1ccc2nc3c([n+](C)c2n1)C(C)=CC3(C)C. The van der Waals surface area contributed by atoms with Crippen molar-refractivity contribution < 1.29 is 9.30 Å². The summed E-state index contributed by atoms with van der Waals surface area (Å²) in [4.78, 5) is 9.31. The Balaban J connectivity index is 2.39. The standard InChI is InChI=1S/C15H18N3O/c1-9-8-15(2,3)13-12(9)18(4)14-10(16-13)6-7-11(17-14)19-5/h6-8H,1-5H3/q+1. The first-order valence-electron chi connectivity index (χ1n) is 6.39. The number of pyridine rings is 1. The van der Waals surface area contributed by atoms with Crippen molar-refractivity contribution in [3.8, 4) is 5.88 Å². The summed E-state index contributed by atoms with van der Waals surface area (Å²) in [6.07, 6.45) is 2.26. The molecule has 4 heteroatoms. The summed E-state index contributed by atoms with van der Waals surface area (Å²) in [5.74, 6) is 0.615. The van der Waals surface area contributed by atoms with Gasteiger partial charge in [0.25, 0.3) is 0 Å². The van der Waals surface area contributed by atoms with Gasteiger partial charge in [0.15, 0.2) is 11.2 Å². The Labute approximate surface area is 112 Å². The third kappa shape index (κ3) is 1.63. The highest BCUT2D eigenvalue weighted by atomic mass is 16.5. The fraction of sp³-hybridized carbons (Fsp3) is 0.400. The van der Waals surface area contributed by atoms with Crippen LogP contribution in [0.1, 0.15) is 32.2 Å². The number of rotatable bonds is 1. The van der Waals surface area contributed by atoms with Crippen molar-refractivity contribution in [3.63, 3.8) is 0 Å². The zero-order chi connectivity index (χ0) is 13.8. The molecule has 0 atom stereocenters. The lowest BCUT2D eigenvalue weighted by Gasteiger charge is -2.15. The van der Waals surface area contributed by atoms with E-state index in [9.17, 15) is 0 Å². The maximum Gasteiger partial charge on any atom is 0.353 e. The van der Waals surface area contributed by atoms with Crippen molar-refractivity contribution in [2.24, 2.45) is 7.05 Å². The molecule has 0 spiro atoms. The maximum absolute atomic E-state index is 5.20. The fourth-order valence-corrected chi connectivity index (χ4v) is 2.89. The molecule has 0 unspecified atom stereocenters. The summed E-state index contributed by atoms with van der Waals surface area (Å²) < 4.78 is 7.31. The first kappa shape index (κ1) is 12.1. The highest BCUT2D eigenvalue weighted by Gasteiger charge is 2.35. The van der Waals surface area contributed by atoms with Crippen LogP contribution in [0.5, 0.6) is 5.88 Å². The minimum atomic E-state index is -0.0225. The van der Waals surface area contributed by atoms with Gasteiger partial charge in [0, 0.05) is 11.5 Å². The van der Waals surface area contributed by atoms with Crippen LogP contribution in [0.15, 0.2) is 18.2 Å². The summed E-state index contributed by atoms with van der Waals surface area (Å²) in [6, 6.07) is 3.81. The van der Waals surface area contributed by atoms with Gasteiger partial charge in [0.05, 0.1) is 19.9 Å². The highest BCUT2D eigenvalue weighted by Crippen LogP contribution is 2.37. The van der Waals surface area contributed by atoms with Crippen molar-refractivity contribution in [1.82, 2.24) is 9.97 Å². The summed E-state index contributed by atoms with van der Waals surface area (Å²) in [5.41, 5.74) is 5.26. The highest BCUT2D eigenvalue weighted by molar-refractivity contribution is 5.74. The molecule has 98 valence electrons. The van der Waals surface area contributed by atoms with E-state index in [1.807, 2.05) is 19.2 Å². The second kappa shape index (κ2) is 3.76. The third-order valence-corrected chi connectivity index (χ3v) is 3.71. The quantitative estimate of drug-likeness (QED) is 0.734. The molecule has 2 heterocycles. The Morgan fingerprint density at radius 1 is 1.21 bits per heavy atom.